The highest BCUT2D eigenvalue weighted by Crippen LogP contribution is 2.22. The van der Waals surface area contributed by atoms with E-state index in [9.17, 15) is 4.79 Å². The molecule has 1 amide bonds. The lowest BCUT2D eigenvalue weighted by Gasteiger charge is -2.12. The van der Waals surface area contributed by atoms with Gasteiger partial charge in [-0.15, -0.1) is 10.2 Å². The first-order chi connectivity index (χ1) is 12.5. The van der Waals surface area contributed by atoms with Crippen molar-refractivity contribution in [2.75, 3.05) is 6.26 Å². The van der Waals surface area contributed by atoms with Crippen molar-refractivity contribution in [1.29, 1.82) is 0 Å². The fourth-order valence-corrected chi connectivity index (χ4v) is 3.32. The zero-order chi connectivity index (χ0) is 18.7. The first-order valence-electron chi connectivity index (χ1n) is 8.31. The monoisotopic (exact) mass is 370 g/mol. The summed E-state index contributed by atoms with van der Waals surface area (Å²) in [5.74, 6) is 0.589. The number of para-hydroxylation sites is 1. The summed E-state index contributed by atoms with van der Waals surface area (Å²) < 4.78 is 3.69. The second-order valence-electron chi connectivity index (χ2n) is 6.09. The Labute approximate surface area is 156 Å². The van der Waals surface area contributed by atoms with Crippen LogP contribution in [0.15, 0.2) is 35.5 Å². The molecule has 0 aliphatic rings. The average molecular weight is 370 g/mol. The number of hydrogen-bond donors (Lipinski definition) is 1. The van der Waals surface area contributed by atoms with Crippen LogP contribution >= 0.6 is 11.8 Å². The minimum Gasteiger partial charge on any atom is -0.347 e. The standard InChI is InChI=1S/C18H22N6OS/c1-12-7-5-6-8-15(12)24-16(20-21-18(24)26-4)10-19-17(25)11-23-14(3)9-13(2)22-23/h5-9H,10-11H2,1-4H3,(H,19,25). The van der Waals surface area contributed by atoms with E-state index in [1.165, 1.54) is 11.8 Å². The Hall–Kier alpha value is -2.61. The lowest BCUT2D eigenvalue weighted by atomic mass is 10.2. The van der Waals surface area contributed by atoms with E-state index in [0.717, 1.165) is 27.8 Å². The molecule has 3 rings (SSSR count). The van der Waals surface area contributed by atoms with E-state index in [-0.39, 0.29) is 12.5 Å². The average Bonchev–Trinajstić information content (AvgIpc) is 3.16. The molecule has 1 aromatic carbocycles. The third kappa shape index (κ3) is 3.80. The first-order valence-corrected chi connectivity index (χ1v) is 9.54. The normalized spacial score (nSPS) is 10.9. The molecule has 7 nitrogen and oxygen atoms in total. The van der Waals surface area contributed by atoms with Crippen molar-refractivity contribution in [2.45, 2.75) is 39.0 Å². The van der Waals surface area contributed by atoms with E-state index >= 15 is 0 Å². The van der Waals surface area contributed by atoms with Gasteiger partial charge in [0.1, 0.15) is 6.54 Å². The molecule has 2 aromatic heterocycles. The van der Waals surface area contributed by atoms with Crippen LogP contribution < -0.4 is 5.32 Å². The van der Waals surface area contributed by atoms with Gasteiger partial charge in [0.25, 0.3) is 0 Å². The molecule has 3 aromatic rings. The van der Waals surface area contributed by atoms with Gasteiger partial charge in [0, 0.05) is 5.69 Å². The van der Waals surface area contributed by atoms with Gasteiger partial charge >= 0.3 is 0 Å². The molecular weight excluding hydrogens is 348 g/mol. The number of aromatic nitrogens is 5. The number of aryl methyl sites for hydroxylation is 3. The maximum Gasteiger partial charge on any atom is 0.242 e. The molecule has 1 N–H and O–H groups in total. The van der Waals surface area contributed by atoms with Crippen LogP contribution in [-0.4, -0.2) is 36.7 Å². The van der Waals surface area contributed by atoms with Crippen LogP contribution in [0.1, 0.15) is 22.8 Å². The van der Waals surface area contributed by atoms with Crippen LogP contribution in [0.3, 0.4) is 0 Å². The summed E-state index contributed by atoms with van der Waals surface area (Å²) in [6.07, 6.45) is 1.96. The molecule has 0 fully saturated rings. The van der Waals surface area contributed by atoms with Gasteiger partial charge < -0.3 is 5.32 Å². The van der Waals surface area contributed by atoms with Gasteiger partial charge in [-0.25, -0.2) is 0 Å². The lowest BCUT2D eigenvalue weighted by Crippen LogP contribution is -2.29. The largest absolute Gasteiger partial charge is 0.347 e. The number of thioether (sulfide) groups is 1. The first kappa shape index (κ1) is 18.2. The molecule has 8 heteroatoms. The second kappa shape index (κ2) is 7.74. The SMILES string of the molecule is CSc1nnc(CNC(=O)Cn2nc(C)cc2C)n1-c1ccccc1C. The van der Waals surface area contributed by atoms with Crippen LogP contribution in [0.4, 0.5) is 0 Å². The topological polar surface area (TPSA) is 77.6 Å². The summed E-state index contributed by atoms with van der Waals surface area (Å²) >= 11 is 1.52. The Morgan fingerprint density at radius 2 is 1.96 bits per heavy atom. The van der Waals surface area contributed by atoms with Crippen molar-refractivity contribution in [3.8, 4) is 5.69 Å². The summed E-state index contributed by atoms with van der Waals surface area (Å²) in [4.78, 5) is 12.3. The maximum atomic E-state index is 12.3. The highest BCUT2D eigenvalue weighted by Gasteiger charge is 2.16. The molecule has 26 heavy (non-hydrogen) atoms. The van der Waals surface area contributed by atoms with Crippen molar-refractivity contribution < 1.29 is 4.79 Å². The summed E-state index contributed by atoms with van der Waals surface area (Å²) in [5.41, 5.74) is 4.01. The van der Waals surface area contributed by atoms with Crippen LogP contribution in [0.2, 0.25) is 0 Å². The third-order valence-electron chi connectivity index (χ3n) is 4.08. The second-order valence-corrected chi connectivity index (χ2v) is 6.86. The zero-order valence-corrected chi connectivity index (χ0v) is 16.2. The Morgan fingerprint density at radius 3 is 2.62 bits per heavy atom. The van der Waals surface area contributed by atoms with Crippen molar-refractivity contribution in [1.82, 2.24) is 29.9 Å². The number of nitrogens with zero attached hydrogens (tertiary/aromatic N) is 5. The number of benzene rings is 1. The molecule has 2 heterocycles. The minimum atomic E-state index is -0.110. The van der Waals surface area contributed by atoms with Gasteiger partial charge in [-0.2, -0.15) is 5.10 Å². The fraction of sp³-hybridized carbons (Fsp3) is 0.333. The number of nitrogens with one attached hydrogen (secondary N) is 1. The Bertz CT molecular complexity index is 930. The predicted molar refractivity (Wildman–Crippen MR) is 101 cm³/mol. The zero-order valence-electron chi connectivity index (χ0n) is 15.4. The molecule has 0 saturated heterocycles. The molecule has 0 radical (unpaired) electrons. The van der Waals surface area contributed by atoms with Crippen LogP contribution in [0.5, 0.6) is 0 Å². The summed E-state index contributed by atoms with van der Waals surface area (Å²) in [6.45, 7) is 6.39. The highest BCUT2D eigenvalue weighted by atomic mass is 32.2. The van der Waals surface area contributed by atoms with Gasteiger partial charge in [0.05, 0.1) is 17.9 Å². The van der Waals surface area contributed by atoms with E-state index in [1.807, 2.05) is 61.9 Å². The molecule has 0 bridgehead atoms. The summed E-state index contributed by atoms with van der Waals surface area (Å²) in [7, 11) is 0. The van der Waals surface area contributed by atoms with E-state index in [1.54, 1.807) is 4.68 Å². The van der Waals surface area contributed by atoms with E-state index in [2.05, 4.69) is 20.6 Å². The van der Waals surface area contributed by atoms with Crippen LogP contribution in [0, 0.1) is 20.8 Å². The van der Waals surface area contributed by atoms with Gasteiger partial charge in [-0.05, 0) is 44.7 Å². The third-order valence-corrected chi connectivity index (χ3v) is 4.71. The lowest BCUT2D eigenvalue weighted by molar-refractivity contribution is -0.122. The molecule has 0 aliphatic carbocycles. The molecule has 0 unspecified atom stereocenters. The van der Waals surface area contributed by atoms with Crippen molar-refractivity contribution in [3.05, 3.63) is 53.1 Å². The number of rotatable bonds is 6. The van der Waals surface area contributed by atoms with Crippen LogP contribution in [0.25, 0.3) is 5.69 Å². The molecule has 136 valence electrons. The predicted octanol–water partition coefficient (Wildman–Crippen LogP) is 2.43. The smallest absolute Gasteiger partial charge is 0.242 e. The number of carbonyl (C=O) groups is 1. The number of hydrogen-bond acceptors (Lipinski definition) is 5. The number of amides is 1. The molecule has 0 saturated carbocycles. The molecule has 0 aliphatic heterocycles. The quantitative estimate of drug-likeness (QED) is 0.674. The van der Waals surface area contributed by atoms with E-state index in [0.29, 0.717) is 12.4 Å². The highest BCUT2D eigenvalue weighted by molar-refractivity contribution is 7.98. The number of carbonyl (C=O) groups excluding carboxylic acids is 1. The van der Waals surface area contributed by atoms with Gasteiger partial charge in [-0.1, -0.05) is 30.0 Å². The van der Waals surface area contributed by atoms with Crippen molar-refractivity contribution >= 4 is 17.7 Å². The van der Waals surface area contributed by atoms with Gasteiger partial charge in [-0.3, -0.25) is 14.0 Å². The van der Waals surface area contributed by atoms with Gasteiger partial charge in [0.15, 0.2) is 11.0 Å². The summed E-state index contributed by atoms with van der Waals surface area (Å²) in [6, 6.07) is 10.0. The Kier molecular flexibility index (Phi) is 5.41. The Balaban J connectivity index is 1.76. The van der Waals surface area contributed by atoms with Crippen molar-refractivity contribution in [2.24, 2.45) is 0 Å². The minimum absolute atomic E-state index is 0.110. The molecule has 0 atom stereocenters. The Morgan fingerprint density at radius 1 is 1.19 bits per heavy atom. The summed E-state index contributed by atoms with van der Waals surface area (Å²) in [5, 5.41) is 16.5. The van der Waals surface area contributed by atoms with Crippen molar-refractivity contribution in [3.63, 3.8) is 0 Å². The van der Waals surface area contributed by atoms with Crippen LogP contribution in [-0.2, 0) is 17.9 Å². The fourth-order valence-electron chi connectivity index (χ4n) is 2.81. The molecular formula is C18H22N6OS. The molecule has 0 spiro atoms. The van der Waals surface area contributed by atoms with E-state index in [4.69, 9.17) is 0 Å². The van der Waals surface area contributed by atoms with E-state index < -0.39 is 0 Å². The maximum absolute atomic E-state index is 12.3. The van der Waals surface area contributed by atoms with Gasteiger partial charge in [0.2, 0.25) is 5.91 Å².